The number of aromatic amines is 1. The highest BCUT2D eigenvalue weighted by Gasteiger charge is 2.26. The maximum absolute atomic E-state index is 14.0. The summed E-state index contributed by atoms with van der Waals surface area (Å²) < 4.78 is 40.9. The number of fused-ring (bicyclic) bond motifs is 1. The number of carbonyl (C=O) groups is 1. The largest absolute Gasteiger partial charge is 0.334 e. The summed E-state index contributed by atoms with van der Waals surface area (Å²) in [4.78, 5) is 13.8. The highest BCUT2D eigenvalue weighted by Crippen LogP contribution is 2.21. The summed E-state index contributed by atoms with van der Waals surface area (Å²) in [5.74, 6) is -1.23. The van der Waals surface area contributed by atoms with Gasteiger partial charge in [0.15, 0.2) is 0 Å². The molecule has 1 amide bonds. The zero-order chi connectivity index (χ0) is 18.2. The molecule has 0 saturated heterocycles. The van der Waals surface area contributed by atoms with Crippen molar-refractivity contribution in [3.05, 3.63) is 47.0 Å². The van der Waals surface area contributed by atoms with E-state index in [-0.39, 0.29) is 17.5 Å². The summed E-state index contributed by atoms with van der Waals surface area (Å²) in [5, 5.41) is 6.84. The van der Waals surface area contributed by atoms with Crippen LogP contribution in [0.2, 0.25) is 0 Å². The standard InChI is InChI=1S/C16H19FN4O3S/c1-10(2)20-25(23,24)15-7-11(3-4-13(15)17)16(22)21-6-5-14-12(9-21)8-18-19-14/h3-4,7-8,10,20H,5-6,9H2,1-2H3,(H,18,19). The average molecular weight is 366 g/mol. The molecule has 3 rings (SSSR count). The SMILES string of the molecule is CC(C)NS(=O)(=O)c1cc(C(=O)N2CCc3[nH]ncc3C2)ccc1F. The molecule has 0 radical (unpaired) electrons. The number of halogens is 1. The van der Waals surface area contributed by atoms with Crippen molar-refractivity contribution in [2.24, 2.45) is 0 Å². The lowest BCUT2D eigenvalue weighted by atomic mass is 10.1. The molecule has 0 fully saturated rings. The average Bonchev–Trinajstić information content (AvgIpc) is 3.00. The van der Waals surface area contributed by atoms with Gasteiger partial charge in [-0.2, -0.15) is 5.10 Å². The Bertz CT molecular complexity index is 908. The summed E-state index contributed by atoms with van der Waals surface area (Å²) in [6, 6.07) is 3.02. The molecule has 0 unspecified atom stereocenters. The topological polar surface area (TPSA) is 95.2 Å². The van der Waals surface area contributed by atoms with Crippen LogP contribution in [0.5, 0.6) is 0 Å². The van der Waals surface area contributed by atoms with Crippen molar-refractivity contribution >= 4 is 15.9 Å². The van der Waals surface area contributed by atoms with Crippen LogP contribution in [-0.4, -0.2) is 42.0 Å². The van der Waals surface area contributed by atoms with Gasteiger partial charge in [0.1, 0.15) is 10.7 Å². The fraction of sp³-hybridized carbons (Fsp3) is 0.375. The van der Waals surface area contributed by atoms with Gasteiger partial charge in [-0.3, -0.25) is 9.89 Å². The number of benzene rings is 1. The lowest BCUT2D eigenvalue weighted by Crippen LogP contribution is -2.36. The zero-order valence-electron chi connectivity index (χ0n) is 13.9. The number of nitrogens with one attached hydrogen (secondary N) is 2. The summed E-state index contributed by atoms with van der Waals surface area (Å²) in [5.41, 5.74) is 2.06. The van der Waals surface area contributed by atoms with E-state index in [4.69, 9.17) is 0 Å². The number of hydrogen-bond acceptors (Lipinski definition) is 4. The van der Waals surface area contributed by atoms with Crippen molar-refractivity contribution in [3.8, 4) is 0 Å². The predicted octanol–water partition coefficient (Wildman–Crippen LogP) is 1.43. The Morgan fingerprint density at radius 1 is 1.40 bits per heavy atom. The molecule has 0 bridgehead atoms. The molecule has 0 spiro atoms. The normalized spacial score (nSPS) is 14.6. The fourth-order valence-corrected chi connectivity index (χ4v) is 4.15. The molecule has 0 aliphatic carbocycles. The number of sulfonamides is 1. The van der Waals surface area contributed by atoms with Gasteiger partial charge in [0, 0.05) is 42.4 Å². The van der Waals surface area contributed by atoms with Crippen LogP contribution in [0.25, 0.3) is 0 Å². The van der Waals surface area contributed by atoms with Crippen LogP contribution in [0, 0.1) is 5.82 Å². The van der Waals surface area contributed by atoms with Gasteiger partial charge in [-0.15, -0.1) is 0 Å². The second-order valence-corrected chi connectivity index (χ2v) is 7.95. The lowest BCUT2D eigenvalue weighted by molar-refractivity contribution is 0.0734. The molecule has 1 aliphatic heterocycles. The Labute approximate surface area is 145 Å². The van der Waals surface area contributed by atoms with E-state index in [9.17, 15) is 17.6 Å². The Morgan fingerprint density at radius 3 is 2.88 bits per heavy atom. The molecule has 0 atom stereocenters. The number of carbonyl (C=O) groups excluding carboxylic acids is 1. The third kappa shape index (κ3) is 3.57. The molecule has 0 saturated carbocycles. The third-order valence-electron chi connectivity index (χ3n) is 3.95. The first kappa shape index (κ1) is 17.6. The summed E-state index contributed by atoms with van der Waals surface area (Å²) in [6.45, 7) is 4.15. The monoisotopic (exact) mass is 366 g/mol. The van der Waals surface area contributed by atoms with Crippen molar-refractivity contribution in [1.82, 2.24) is 19.8 Å². The summed E-state index contributed by atoms with van der Waals surface area (Å²) in [7, 11) is -4.03. The van der Waals surface area contributed by atoms with Gasteiger partial charge in [-0.25, -0.2) is 17.5 Å². The van der Waals surface area contributed by atoms with Gasteiger partial charge < -0.3 is 4.90 Å². The summed E-state index contributed by atoms with van der Waals surface area (Å²) >= 11 is 0. The van der Waals surface area contributed by atoms with Gasteiger partial charge >= 0.3 is 0 Å². The predicted molar refractivity (Wildman–Crippen MR) is 88.9 cm³/mol. The van der Waals surface area contributed by atoms with Gasteiger partial charge in [0.2, 0.25) is 10.0 Å². The highest BCUT2D eigenvalue weighted by molar-refractivity contribution is 7.89. The van der Waals surface area contributed by atoms with Crippen molar-refractivity contribution < 1.29 is 17.6 Å². The molecular formula is C16H19FN4O3S. The summed E-state index contributed by atoms with van der Waals surface area (Å²) in [6.07, 6.45) is 2.31. The van der Waals surface area contributed by atoms with E-state index < -0.39 is 20.7 Å². The van der Waals surface area contributed by atoms with Crippen molar-refractivity contribution in [1.29, 1.82) is 0 Å². The van der Waals surface area contributed by atoms with E-state index in [1.807, 2.05) is 0 Å². The first-order chi connectivity index (χ1) is 11.8. The van der Waals surface area contributed by atoms with Crippen molar-refractivity contribution in [3.63, 3.8) is 0 Å². The number of aromatic nitrogens is 2. The molecule has 2 aromatic rings. The van der Waals surface area contributed by atoms with Crippen LogP contribution in [0.4, 0.5) is 4.39 Å². The van der Waals surface area contributed by atoms with Crippen LogP contribution in [0.1, 0.15) is 35.5 Å². The number of amides is 1. The van der Waals surface area contributed by atoms with E-state index in [0.29, 0.717) is 19.5 Å². The molecule has 1 aromatic carbocycles. The molecule has 7 nitrogen and oxygen atoms in total. The number of nitrogens with zero attached hydrogens (tertiary/aromatic N) is 2. The third-order valence-corrected chi connectivity index (χ3v) is 5.62. The molecule has 1 aliphatic rings. The molecule has 2 N–H and O–H groups in total. The van der Waals surface area contributed by atoms with Crippen LogP contribution < -0.4 is 4.72 Å². The zero-order valence-corrected chi connectivity index (χ0v) is 14.7. The Balaban J connectivity index is 1.88. The highest BCUT2D eigenvalue weighted by atomic mass is 32.2. The van der Waals surface area contributed by atoms with Crippen molar-refractivity contribution in [2.75, 3.05) is 6.54 Å². The quantitative estimate of drug-likeness (QED) is 0.856. The van der Waals surface area contributed by atoms with E-state index in [0.717, 1.165) is 23.4 Å². The molecule has 9 heteroatoms. The Morgan fingerprint density at radius 2 is 2.16 bits per heavy atom. The fourth-order valence-electron chi connectivity index (χ4n) is 2.79. The maximum Gasteiger partial charge on any atom is 0.254 e. The van der Waals surface area contributed by atoms with Gasteiger partial charge in [0.05, 0.1) is 6.20 Å². The molecule has 134 valence electrons. The van der Waals surface area contributed by atoms with Crippen LogP contribution in [0.3, 0.4) is 0 Å². The first-order valence-corrected chi connectivity index (χ1v) is 9.38. The van der Waals surface area contributed by atoms with E-state index in [2.05, 4.69) is 14.9 Å². The van der Waals surface area contributed by atoms with Crippen LogP contribution in [-0.2, 0) is 23.0 Å². The Kier molecular flexibility index (Phi) is 4.61. The molecular weight excluding hydrogens is 347 g/mol. The molecule has 25 heavy (non-hydrogen) atoms. The van der Waals surface area contributed by atoms with Crippen molar-refractivity contribution in [2.45, 2.75) is 37.8 Å². The van der Waals surface area contributed by atoms with Gasteiger partial charge in [0.25, 0.3) is 5.91 Å². The smallest absolute Gasteiger partial charge is 0.254 e. The first-order valence-electron chi connectivity index (χ1n) is 7.90. The van der Waals surface area contributed by atoms with Crippen LogP contribution >= 0.6 is 0 Å². The Hall–Kier alpha value is -2.26. The number of H-pyrrole nitrogens is 1. The van der Waals surface area contributed by atoms with Gasteiger partial charge in [-0.1, -0.05) is 0 Å². The lowest BCUT2D eigenvalue weighted by Gasteiger charge is -2.26. The number of hydrogen-bond donors (Lipinski definition) is 2. The van der Waals surface area contributed by atoms with E-state index >= 15 is 0 Å². The molecule has 1 aromatic heterocycles. The second-order valence-electron chi connectivity index (χ2n) is 6.27. The minimum atomic E-state index is -4.03. The maximum atomic E-state index is 14.0. The minimum Gasteiger partial charge on any atom is -0.334 e. The van der Waals surface area contributed by atoms with Crippen LogP contribution in [0.15, 0.2) is 29.3 Å². The van der Waals surface area contributed by atoms with Gasteiger partial charge in [-0.05, 0) is 32.0 Å². The molecule has 2 heterocycles. The minimum absolute atomic E-state index is 0.137. The van der Waals surface area contributed by atoms with E-state index in [1.54, 1.807) is 24.9 Å². The number of rotatable bonds is 4. The van der Waals surface area contributed by atoms with E-state index in [1.165, 1.54) is 6.07 Å². The second kappa shape index (κ2) is 6.57.